The van der Waals surface area contributed by atoms with Gasteiger partial charge in [-0.1, -0.05) is 91.6 Å². The van der Waals surface area contributed by atoms with Crippen molar-refractivity contribution in [3.8, 4) is 23.1 Å². The van der Waals surface area contributed by atoms with Crippen LogP contribution in [0.2, 0.25) is 10.0 Å². The van der Waals surface area contributed by atoms with Crippen molar-refractivity contribution in [3.63, 3.8) is 0 Å². The predicted molar refractivity (Wildman–Crippen MR) is 238 cm³/mol. The quantitative estimate of drug-likeness (QED) is 0.0819. The number of amides is 1. The van der Waals surface area contributed by atoms with Crippen molar-refractivity contribution in [3.05, 3.63) is 152 Å². The second-order valence-corrected chi connectivity index (χ2v) is 15.8. The maximum Gasteiger partial charge on any atom is 0.414 e. The van der Waals surface area contributed by atoms with Crippen LogP contribution in [-0.2, 0) is 34.0 Å². The van der Waals surface area contributed by atoms with Crippen LogP contribution in [0.5, 0.6) is 23.1 Å². The van der Waals surface area contributed by atoms with Crippen molar-refractivity contribution in [2.75, 3.05) is 32.8 Å². The Morgan fingerprint density at radius 3 is 2.00 bits per heavy atom. The molecule has 0 saturated carbocycles. The topological polar surface area (TPSA) is 139 Å². The Balaban J connectivity index is 0.00000109. The summed E-state index contributed by atoms with van der Waals surface area (Å²) in [5, 5.41) is 15.9. The predicted octanol–water partition coefficient (Wildman–Crippen LogP) is 10.1. The summed E-state index contributed by atoms with van der Waals surface area (Å²) in [6.45, 7) is 15.0. The molecule has 0 unspecified atom stereocenters. The molecule has 0 aliphatic carbocycles. The number of benzene rings is 4. The molecule has 1 aliphatic heterocycles. The van der Waals surface area contributed by atoms with Gasteiger partial charge in [-0.15, -0.1) is 0 Å². The van der Waals surface area contributed by atoms with Crippen LogP contribution in [0.25, 0.3) is 5.57 Å². The monoisotopic (exact) mass is 867 g/mol. The number of halogens is 2. The normalized spacial score (nSPS) is 13.1. The summed E-state index contributed by atoms with van der Waals surface area (Å²) in [6, 6.07) is 32.1. The zero-order chi connectivity index (χ0) is 44.1. The molecule has 1 fully saturated rings. The third-order valence-corrected chi connectivity index (χ3v) is 10.9. The summed E-state index contributed by atoms with van der Waals surface area (Å²) in [6.07, 6.45) is 2.47. The van der Waals surface area contributed by atoms with Crippen LogP contribution in [0.15, 0.2) is 109 Å². The number of aliphatic carboxylic acids is 2. The zero-order valence-corrected chi connectivity index (χ0v) is 36.5. The molecular weight excluding hydrogens is 817 g/mol. The van der Waals surface area contributed by atoms with Crippen LogP contribution in [-0.4, -0.2) is 75.6 Å². The molecule has 1 amide bonds. The van der Waals surface area contributed by atoms with Gasteiger partial charge in [0, 0.05) is 61.4 Å². The summed E-state index contributed by atoms with van der Waals surface area (Å²) < 4.78 is 17.9. The molecule has 0 atom stereocenters. The average Bonchev–Trinajstić information content (AvgIpc) is 3.25. The summed E-state index contributed by atoms with van der Waals surface area (Å²) in [7, 11) is 0. The lowest BCUT2D eigenvalue weighted by Gasteiger charge is -2.35. The van der Waals surface area contributed by atoms with E-state index in [1.165, 1.54) is 16.7 Å². The second kappa shape index (κ2) is 22.1. The lowest BCUT2D eigenvalue weighted by Crippen LogP contribution is -2.48. The standard InChI is InChI=1S/C46H49Cl2N3O4.C2H2O4/c1-31(2)37-14-16-40(17-15-37)53-25-20-35-10-12-36(13-11-35)29-50-21-23-51(24-22-50)46(52)34(5)33(4)39-26-32(3)45(43(48)27-39)55-44-19-18-41(28-49-44)54-30-38-8-6-7-9-42(38)47;3-1(4)2(5)6/h6-19,26-28,31H,20-25,29-30H2,1-5H3;(H,3,4)(H,5,6)/b34-33+;. The number of nitrogens with zero attached hydrogens (tertiary/aromatic N) is 3. The fourth-order valence-corrected chi connectivity index (χ4v) is 6.99. The molecule has 0 radical (unpaired) electrons. The summed E-state index contributed by atoms with van der Waals surface area (Å²) in [5.74, 6) is -0.667. The Kier molecular flexibility index (Phi) is 16.7. The second-order valence-electron chi connectivity index (χ2n) is 15.0. The fraction of sp³-hybridized carbons (Fsp3) is 0.292. The highest BCUT2D eigenvalue weighted by molar-refractivity contribution is 6.32. The maximum atomic E-state index is 13.6. The van der Waals surface area contributed by atoms with E-state index in [1.807, 2.05) is 62.1 Å². The van der Waals surface area contributed by atoms with Crippen molar-refractivity contribution in [2.45, 2.75) is 60.1 Å². The number of hydrogen-bond acceptors (Lipinski definition) is 8. The number of carbonyl (C=O) groups excluding carboxylic acids is 1. The molecule has 1 aromatic heterocycles. The van der Waals surface area contributed by atoms with Crippen LogP contribution in [0, 0.1) is 6.92 Å². The summed E-state index contributed by atoms with van der Waals surface area (Å²) in [4.78, 5) is 40.6. The number of pyridine rings is 1. The first kappa shape index (κ1) is 46.2. The van der Waals surface area contributed by atoms with Crippen molar-refractivity contribution in [1.29, 1.82) is 0 Å². The van der Waals surface area contributed by atoms with E-state index in [0.717, 1.165) is 54.1 Å². The number of carboxylic acids is 2. The van der Waals surface area contributed by atoms with Gasteiger partial charge in [0.15, 0.2) is 5.75 Å². The number of aromatic nitrogens is 1. The molecule has 320 valence electrons. The van der Waals surface area contributed by atoms with Gasteiger partial charge >= 0.3 is 11.9 Å². The van der Waals surface area contributed by atoms with Crippen molar-refractivity contribution >= 4 is 46.6 Å². The van der Waals surface area contributed by atoms with Crippen molar-refractivity contribution in [2.24, 2.45) is 0 Å². The van der Waals surface area contributed by atoms with Gasteiger partial charge in [-0.25, -0.2) is 14.6 Å². The van der Waals surface area contributed by atoms with Crippen LogP contribution in [0.1, 0.15) is 67.0 Å². The van der Waals surface area contributed by atoms with Crippen LogP contribution in [0.3, 0.4) is 0 Å². The first-order valence-corrected chi connectivity index (χ1v) is 20.7. The lowest BCUT2D eigenvalue weighted by molar-refractivity contribution is -0.159. The van der Waals surface area contributed by atoms with Gasteiger partial charge < -0.3 is 29.3 Å². The number of carbonyl (C=O) groups is 3. The summed E-state index contributed by atoms with van der Waals surface area (Å²) in [5.41, 5.74) is 8.05. The van der Waals surface area contributed by atoms with Crippen LogP contribution < -0.4 is 14.2 Å². The minimum absolute atomic E-state index is 0.0507. The molecule has 4 aromatic carbocycles. The molecule has 11 nitrogen and oxygen atoms in total. The minimum atomic E-state index is -1.82. The molecule has 0 bridgehead atoms. The molecule has 1 aliphatic rings. The molecule has 13 heteroatoms. The van der Waals surface area contributed by atoms with Gasteiger partial charge in [0.05, 0.1) is 17.8 Å². The van der Waals surface area contributed by atoms with Gasteiger partial charge in [-0.05, 0) is 96.5 Å². The number of hydrogen-bond donors (Lipinski definition) is 2. The lowest BCUT2D eigenvalue weighted by atomic mass is 9.99. The number of rotatable bonds is 14. The number of carboxylic acid groups (broad SMARTS) is 2. The van der Waals surface area contributed by atoms with Gasteiger partial charge in [0.2, 0.25) is 11.8 Å². The molecule has 5 aromatic rings. The molecule has 2 heterocycles. The van der Waals surface area contributed by atoms with E-state index in [-0.39, 0.29) is 5.91 Å². The highest BCUT2D eigenvalue weighted by Gasteiger charge is 2.24. The molecule has 6 rings (SSSR count). The van der Waals surface area contributed by atoms with E-state index in [0.29, 0.717) is 65.2 Å². The highest BCUT2D eigenvalue weighted by Crippen LogP contribution is 2.36. The Labute approximate surface area is 367 Å². The van der Waals surface area contributed by atoms with E-state index >= 15 is 0 Å². The first-order chi connectivity index (χ1) is 29.2. The largest absolute Gasteiger partial charge is 0.493 e. The zero-order valence-electron chi connectivity index (χ0n) is 35.0. The van der Waals surface area contributed by atoms with E-state index in [9.17, 15) is 4.79 Å². The third kappa shape index (κ3) is 13.6. The number of allylic oxidation sites excluding steroid dienone is 1. The number of ether oxygens (including phenoxy) is 3. The Morgan fingerprint density at radius 1 is 0.770 bits per heavy atom. The van der Waals surface area contributed by atoms with E-state index in [1.54, 1.807) is 18.3 Å². The highest BCUT2D eigenvalue weighted by atomic mass is 35.5. The van der Waals surface area contributed by atoms with Crippen LogP contribution >= 0.6 is 23.2 Å². The van der Waals surface area contributed by atoms with Gasteiger partial charge in [-0.3, -0.25) is 9.69 Å². The minimum Gasteiger partial charge on any atom is -0.493 e. The number of piperazine rings is 1. The van der Waals surface area contributed by atoms with Gasteiger partial charge in [-0.2, -0.15) is 0 Å². The molecular formula is C48H51Cl2N3O8. The number of aryl methyl sites for hydroxylation is 1. The Bertz CT molecular complexity index is 2270. The van der Waals surface area contributed by atoms with Gasteiger partial charge in [0.1, 0.15) is 18.1 Å². The first-order valence-electron chi connectivity index (χ1n) is 19.9. The third-order valence-electron chi connectivity index (χ3n) is 10.3. The van der Waals surface area contributed by atoms with Crippen LogP contribution in [0.4, 0.5) is 0 Å². The fourth-order valence-electron chi connectivity index (χ4n) is 6.50. The van der Waals surface area contributed by atoms with E-state index in [2.05, 4.69) is 72.3 Å². The molecule has 61 heavy (non-hydrogen) atoms. The summed E-state index contributed by atoms with van der Waals surface area (Å²) >= 11 is 13.0. The molecule has 1 saturated heterocycles. The molecule has 2 N–H and O–H groups in total. The van der Waals surface area contributed by atoms with E-state index < -0.39 is 11.9 Å². The smallest absolute Gasteiger partial charge is 0.414 e. The SMILES string of the molecule is C/C(C(=O)N1CCN(Cc2ccc(CCOc3ccc(C(C)C)cc3)cc2)CC1)=C(/C)c1cc(C)c(Oc2ccc(OCc3ccccc3Cl)cn2)c(Cl)c1.O=C(O)C(=O)O. The maximum absolute atomic E-state index is 13.6. The Hall–Kier alpha value is -5.88. The van der Waals surface area contributed by atoms with Gasteiger partial charge in [0.25, 0.3) is 0 Å². The van der Waals surface area contributed by atoms with Crippen molar-refractivity contribution in [1.82, 2.24) is 14.8 Å². The Morgan fingerprint density at radius 2 is 1.41 bits per heavy atom. The molecule has 0 spiro atoms. The van der Waals surface area contributed by atoms with Crippen molar-refractivity contribution < 1.29 is 38.8 Å². The average molecular weight is 869 g/mol. The van der Waals surface area contributed by atoms with E-state index in [4.69, 9.17) is 57.2 Å².